The van der Waals surface area contributed by atoms with Crippen LogP contribution in [0.4, 0.5) is 0 Å². The van der Waals surface area contributed by atoms with E-state index in [1.165, 1.54) is 12.0 Å². The van der Waals surface area contributed by atoms with Crippen LogP contribution in [0.5, 0.6) is 5.75 Å². The van der Waals surface area contributed by atoms with E-state index in [1.807, 2.05) is 0 Å². The molecular weight excluding hydrogens is 246 g/mol. The van der Waals surface area contributed by atoms with Gasteiger partial charge in [0.25, 0.3) is 0 Å². The van der Waals surface area contributed by atoms with Gasteiger partial charge in [-0.2, -0.15) is 0 Å². The van der Waals surface area contributed by atoms with Gasteiger partial charge in [0, 0.05) is 6.04 Å². The highest BCUT2D eigenvalue weighted by Crippen LogP contribution is 2.39. The van der Waals surface area contributed by atoms with Crippen molar-refractivity contribution in [2.75, 3.05) is 6.54 Å². The van der Waals surface area contributed by atoms with Crippen LogP contribution in [0, 0.1) is 5.41 Å². The minimum absolute atomic E-state index is 0.287. The van der Waals surface area contributed by atoms with Gasteiger partial charge in [-0.3, -0.25) is 0 Å². The molecule has 2 rings (SSSR count). The molecular formula is C18H29NO. The SMILES string of the molecule is CCNC1C(Oc2ccc(C(C)C)cc2)CCC1(C)C. The number of nitrogens with one attached hydrogen (secondary N) is 1. The first kappa shape index (κ1) is 15.4. The third kappa shape index (κ3) is 3.35. The zero-order valence-electron chi connectivity index (χ0n) is 13.6. The molecule has 0 saturated heterocycles. The summed E-state index contributed by atoms with van der Waals surface area (Å²) in [6.07, 6.45) is 2.64. The number of hydrogen-bond donors (Lipinski definition) is 1. The highest BCUT2D eigenvalue weighted by Gasteiger charge is 2.42. The molecule has 0 aromatic heterocycles. The van der Waals surface area contributed by atoms with Crippen molar-refractivity contribution in [2.24, 2.45) is 5.41 Å². The highest BCUT2D eigenvalue weighted by molar-refractivity contribution is 5.29. The topological polar surface area (TPSA) is 21.3 Å². The predicted molar refractivity (Wildman–Crippen MR) is 85.4 cm³/mol. The zero-order valence-corrected chi connectivity index (χ0v) is 13.6. The zero-order chi connectivity index (χ0) is 14.8. The molecule has 0 bridgehead atoms. The average molecular weight is 275 g/mol. The molecule has 0 heterocycles. The third-order valence-electron chi connectivity index (χ3n) is 4.55. The molecule has 2 atom stereocenters. The van der Waals surface area contributed by atoms with Crippen LogP contribution in [0.2, 0.25) is 0 Å². The maximum Gasteiger partial charge on any atom is 0.119 e. The molecule has 0 spiro atoms. The van der Waals surface area contributed by atoms with Crippen molar-refractivity contribution < 1.29 is 4.74 Å². The van der Waals surface area contributed by atoms with E-state index in [4.69, 9.17) is 4.74 Å². The number of likely N-dealkylation sites (N-methyl/N-ethyl adjacent to an activating group) is 1. The van der Waals surface area contributed by atoms with Crippen molar-refractivity contribution in [1.82, 2.24) is 5.32 Å². The van der Waals surface area contributed by atoms with Crippen LogP contribution in [-0.2, 0) is 0 Å². The van der Waals surface area contributed by atoms with Gasteiger partial charge >= 0.3 is 0 Å². The fourth-order valence-electron chi connectivity index (χ4n) is 3.20. The summed E-state index contributed by atoms with van der Waals surface area (Å²) < 4.78 is 6.25. The molecule has 0 radical (unpaired) electrons. The summed E-state index contributed by atoms with van der Waals surface area (Å²) in [4.78, 5) is 0. The molecule has 0 amide bonds. The van der Waals surface area contributed by atoms with E-state index in [1.54, 1.807) is 0 Å². The molecule has 1 aliphatic rings. The minimum Gasteiger partial charge on any atom is -0.489 e. The largest absolute Gasteiger partial charge is 0.489 e. The fourth-order valence-corrected chi connectivity index (χ4v) is 3.20. The van der Waals surface area contributed by atoms with Gasteiger partial charge in [-0.05, 0) is 48.4 Å². The van der Waals surface area contributed by atoms with Crippen LogP contribution in [0.1, 0.15) is 58.9 Å². The molecule has 2 nitrogen and oxygen atoms in total. The molecule has 1 aromatic carbocycles. The first-order valence-corrected chi connectivity index (χ1v) is 7.94. The number of rotatable bonds is 5. The minimum atomic E-state index is 0.287. The average Bonchev–Trinajstić information content (AvgIpc) is 2.67. The normalized spacial score (nSPS) is 25.1. The second kappa shape index (κ2) is 6.17. The molecule has 20 heavy (non-hydrogen) atoms. The second-order valence-corrected chi connectivity index (χ2v) is 6.94. The van der Waals surface area contributed by atoms with E-state index in [9.17, 15) is 0 Å². The van der Waals surface area contributed by atoms with Crippen LogP contribution in [0.25, 0.3) is 0 Å². The van der Waals surface area contributed by atoms with Crippen molar-refractivity contribution in [1.29, 1.82) is 0 Å². The molecule has 0 aliphatic heterocycles. The van der Waals surface area contributed by atoms with Crippen LogP contribution < -0.4 is 10.1 Å². The quantitative estimate of drug-likeness (QED) is 0.862. The Morgan fingerprint density at radius 1 is 1.25 bits per heavy atom. The Balaban J connectivity index is 2.05. The molecule has 2 unspecified atom stereocenters. The highest BCUT2D eigenvalue weighted by atomic mass is 16.5. The molecule has 2 heteroatoms. The Morgan fingerprint density at radius 3 is 2.45 bits per heavy atom. The summed E-state index contributed by atoms with van der Waals surface area (Å²) in [6.45, 7) is 12.3. The van der Waals surface area contributed by atoms with Gasteiger partial charge in [0.15, 0.2) is 0 Å². The number of hydrogen-bond acceptors (Lipinski definition) is 2. The summed E-state index contributed by atoms with van der Waals surface area (Å²) >= 11 is 0. The molecule has 1 aliphatic carbocycles. The number of benzene rings is 1. The van der Waals surface area contributed by atoms with Crippen LogP contribution in [-0.4, -0.2) is 18.7 Å². The maximum atomic E-state index is 6.25. The predicted octanol–water partition coefficient (Wildman–Crippen LogP) is 4.36. The number of ether oxygens (including phenoxy) is 1. The van der Waals surface area contributed by atoms with Crippen LogP contribution >= 0.6 is 0 Å². The van der Waals surface area contributed by atoms with Crippen LogP contribution in [0.3, 0.4) is 0 Å². The van der Waals surface area contributed by atoms with E-state index in [2.05, 4.69) is 64.2 Å². The Labute approximate surface area is 123 Å². The summed E-state index contributed by atoms with van der Waals surface area (Å²) in [5, 5.41) is 3.61. The van der Waals surface area contributed by atoms with E-state index >= 15 is 0 Å². The van der Waals surface area contributed by atoms with Gasteiger partial charge in [0.05, 0.1) is 0 Å². The van der Waals surface area contributed by atoms with Crippen LogP contribution in [0.15, 0.2) is 24.3 Å². The van der Waals surface area contributed by atoms with Gasteiger partial charge in [0.2, 0.25) is 0 Å². The lowest BCUT2D eigenvalue weighted by atomic mass is 9.87. The monoisotopic (exact) mass is 275 g/mol. The summed E-state index contributed by atoms with van der Waals surface area (Å²) in [7, 11) is 0. The molecule has 112 valence electrons. The van der Waals surface area contributed by atoms with Crippen molar-refractivity contribution in [3.05, 3.63) is 29.8 Å². The standard InChI is InChI=1S/C18H29NO/c1-6-19-17-16(11-12-18(17,4)5)20-15-9-7-14(8-10-15)13(2)3/h7-10,13,16-17,19H,6,11-12H2,1-5H3. The van der Waals surface area contributed by atoms with Gasteiger partial charge in [-0.1, -0.05) is 46.8 Å². The smallest absolute Gasteiger partial charge is 0.119 e. The summed E-state index contributed by atoms with van der Waals surface area (Å²) in [5.74, 6) is 1.57. The molecule has 1 fully saturated rings. The van der Waals surface area contributed by atoms with Gasteiger partial charge in [-0.25, -0.2) is 0 Å². The first-order valence-electron chi connectivity index (χ1n) is 7.94. The van der Waals surface area contributed by atoms with Crippen molar-refractivity contribution in [2.45, 2.75) is 65.5 Å². The van der Waals surface area contributed by atoms with E-state index in [-0.39, 0.29) is 6.10 Å². The lowest BCUT2D eigenvalue weighted by Gasteiger charge is -2.31. The Bertz CT molecular complexity index is 422. The van der Waals surface area contributed by atoms with E-state index < -0.39 is 0 Å². The first-order chi connectivity index (χ1) is 9.44. The van der Waals surface area contributed by atoms with Gasteiger partial charge in [-0.15, -0.1) is 0 Å². The van der Waals surface area contributed by atoms with Gasteiger partial charge in [0.1, 0.15) is 11.9 Å². The van der Waals surface area contributed by atoms with E-state index in [0.717, 1.165) is 18.7 Å². The Morgan fingerprint density at radius 2 is 1.90 bits per heavy atom. The molecule has 1 N–H and O–H groups in total. The maximum absolute atomic E-state index is 6.25. The lowest BCUT2D eigenvalue weighted by molar-refractivity contribution is 0.141. The molecule has 1 saturated carbocycles. The Hall–Kier alpha value is -1.02. The third-order valence-corrected chi connectivity index (χ3v) is 4.55. The fraction of sp³-hybridized carbons (Fsp3) is 0.667. The van der Waals surface area contributed by atoms with Crippen molar-refractivity contribution in [3.8, 4) is 5.75 Å². The second-order valence-electron chi connectivity index (χ2n) is 6.94. The van der Waals surface area contributed by atoms with Gasteiger partial charge < -0.3 is 10.1 Å². The Kier molecular flexibility index (Phi) is 4.74. The van der Waals surface area contributed by atoms with Crippen molar-refractivity contribution >= 4 is 0 Å². The lowest BCUT2D eigenvalue weighted by Crippen LogP contribution is -2.46. The van der Waals surface area contributed by atoms with Crippen molar-refractivity contribution in [3.63, 3.8) is 0 Å². The molecule has 1 aromatic rings. The summed E-state index contributed by atoms with van der Waals surface area (Å²) in [5.41, 5.74) is 1.69. The van der Waals surface area contributed by atoms with E-state index in [0.29, 0.717) is 17.4 Å². The summed E-state index contributed by atoms with van der Waals surface area (Å²) in [6, 6.07) is 9.04.